The van der Waals surface area contributed by atoms with Crippen LogP contribution in [0.5, 0.6) is 11.5 Å². The van der Waals surface area contributed by atoms with Gasteiger partial charge in [0.25, 0.3) is 0 Å². The molecule has 3 heterocycles. The maximum absolute atomic E-state index is 6.19. The SMILES string of the molecule is COc1cc2ncnc(-c3cn(C)nc3-c3ccccc3)c2cc1O[C@H]1CCOC1. The van der Waals surface area contributed by atoms with Gasteiger partial charge < -0.3 is 14.2 Å². The summed E-state index contributed by atoms with van der Waals surface area (Å²) < 4.78 is 19.0. The van der Waals surface area contributed by atoms with Crippen LogP contribution in [0.4, 0.5) is 0 Å². The minimum atomic E-state index is 0.0164. The van der Waals surface area contributed by atoms with E-state index in [4.69, 9.17) is 14.2 Å². The number of hydrogen-bond donors (Lipinski definition) is 0. The predicted octanol–water partition coefficient (Wildman–Crippen LogP) is 3.87. The van der Waals surface area contributed by atoms with Gasteiger partial charge in [-0.3, -0.25) is 4.68 Å². The second kappa shape index (κ2) is 7.76. The van der Waals surface area contributed by atoms with Gasteiger partial charge in [-0.1, -0.05) is 30.3 Å². The van der Waals surface area contributed by atoms with Crippen molar-refractivity contribution in [1.82, 2.24) is 19.7 Å². The number of fused-ring (bicyclic) bond motifs is 1. The molecule has 0 radical (unpaired) electrons. The fourth-order valence-electron chi connectivity index (χ4n) is 3.79. The summed E-state index contributed by atoms with van der Waals surface area (Å²) in [6.07, 6.45) is 4.44. The molecular weight excluding hydrogens is 380 g/mol. The van der Waals surface area contributed by atoms with Crippen LogP contribution in [0.1, 0.15) is 6.42 Å². The molecule has 0 aliphatic carbocycles. The molecule has 1 aliphatic rings. The van der Waals surface area contributed by atoms with E-state index in [0.717, 1.165) is 39.8 Å². The summed E-state index contributed by atoms with van der Waals surface area (Å²) in [5, 5.41) is 5.57. The van der Waals surface area contributed by atoms with Crippen LogP contribution in [0.3, 0.4) is 0 Å². The van der Waals surface area contributed by atoms with Crippen LogP contribution in [0, 0.1) is 0 Å². The van der Waals surface area contributed by atoms with Gasteiger partial charge in [0.15, 0.2) is 11.5 Å². The van der Waals surface area contributed by atoms with Crippen molar-refractivity contribution in [1.29, 1.82) is 0 Å². The van der Waals surface area contributed by atoms with Crippen molar-refractivity contribution in [3.63, 3.8) is 0 Å². The molecule has 7 nitrogen and oxygen atoms in total. The first kappa shape index (κ1) is 18.6. The van der Waals surface area contributed by atoms with Crippen molar-refractivity contribution in [3.05, 3.63) is 55.0 Å². The zero-order valence-electron chi connectivity index (χ0n) is 16.9. The Morgan fingerprint density at radius 2 is 1.93 bits per heavy atom. The second-order valence-electron chi connectivity index (χ2n) is 7.28. The van der Waals surface area contributed by atoms with E-state index in [1.165, 1.54) is 0 Å². The number of nitrogens with zero attached hydrogens (tertiary/aromatic N) is 4. The van der Waals surface area contributed by atoms with E-state index in [9.17, 15) is 0 Å². The Morgan fingerprint density at radius 3 is 2.70 bits per heavy atom. The van der Waals surface area contributed by atoms with Crippen LogP contribution in [0.25, 0.3) is 33.4 Å². The first-order valence-electron chi connectivity index (χ1n) is 9.89. The largest absolute Gasteiger partial charge is 0.493 e. The summed E-state index contributed by atoms with van der Waals surface area (Å²) in [5.74, 6) is 1.32. The predicted molar refractivity (Wildman–Crippen MR) is 114 cm³/mol. The number of hydrogen-bond acceptors (Lipinski definition) is 6. The minimum Gasteiger partial charge on any atom is -0.493 e. The van der Waals surface area contributed by atoms with E-state index >= 15 is 0 Å². The van der Waals surface area contributed by atoms with Crippen molar-refractivity contribution in [2.75, 3.05) is 20.3 Å². The molecule has 2 aromatic carbocycles. The Hall–Kier alpha value is -3.45. The van der Waals surface area contributed by atoms with Gasteiger partial charge in [0.05, 0.1) is 31.5 Å². The van der Waals surface area contributed by atoms with Gasteiger partial charge in [-0.25, -0.2) is 9.97 Å². The highest BCUT2D eigenvalue weighted by molar-refractivity contribution is 5.97. The van der Waals surface area contributed by atoms with Crippen LogP contribution in [0.15, 0.2) is 55.0 Å². The van der Waals surface area contributed by atoms with Crippen LogP contribution >= 0.6 is 0 Å². The van der Waals surface area contributed by atoms with Gasteiger partial charge in [-0.15, -0.1) is 0 Å². The average Bonchev–Trinajstić information content (AvgIpc) is 3.43. The molecule has 0 unspecified atom stereocenters. The molecule has 1 saturated heterocycles. The maximum Gasteiger partial charge on any atom is 0.162 e. The molecule has 5 rings (SSSR count). The summed E-state index contributed by atoms with van der Waals surface area (Å²) in [6, 6.07) is 14.0. The third-order valence-electron chi connectivity index (χ3n) is 5.23. The normalized spacial score (nSPS) is 16.1. The smallest absolute Gasteiger partial charge is 0.162 e. The third kappa shape index (κ3) is 3.37. The van der Waals surface area contributed by atoms with Crippen molar-refractivity contribution in [2.45, 2.75) is 12.5 Å². The molecule has 152 valence electrons. The van der Waals surface area contributed by atoms with Crippen LogP contribution in [-0.4, -0.2) is 46.2 Å². The highest BCUT2D eigenvalue weighted by Gasteiger charge is 2.22. The first-order chi connectivity index (χ1) is 14.7. The molecule has 0 bridgehead atoms. The molecule has 0 spiro atoms. The Bertz CT molecular complexity index is 1180. The summed E-state index contributed by atoms with van der Waals surface area (Å²) >= 11 is 0. The Balaban J connectivity index is 1.67. The van der Waals surface area contributed by atoms with Gasteiger partial charge in [-0.05, 0) is 6.07 Å². The third-order valence-corrected chi connectivity index (χ3v) is 5.23. The lowest BCUT2D eigenvalue weighted by Crippen LogP contribution is -2.16. The molecular formula is C23H22N4O3. The Morgan fingerprint density at radius 1 is 1.07 bits per heavy atom. The maximum atomic E-state index is 6.19. The lowest BCUT2D eigenvalue weighted by Gasteiger charge is -2.16. The molecule has 1 aliphatic heterocycles. The highest BCUT2D eigenvalue weighted by atomic mass is 16.6. The molecule has 0 saturated carbocycles. The van der Waals surface area contributed by atoms with Gasteiger partial charge in [0.1, 0.15) is 18.1 Å². The molecule has 2 aromatic heterocycles. The average molecular weight is 402 g/mol. The number of benzene rings is 2. The van der Waals surface area contributed by atoms with Crippen LogP contribution < -0.4 is 9.47 Å². The lowest BCUT2D eigenvalue weighted by molar-refractivity contribution is 0.139. The van der Waals surface area contributed by atoms with Crippen molar-refractivity contribution < 1.29 is 14.2 Å². The van der Waals surface area contributed by atoms with Crippen molar-refractivity contribution in [3.8, 4) is 34.0 Å². The van der Waals surface area contributed by atoms with E-state index < -0.39 is 0 Å². The van der Waals surface area contributed by atoms with Crippen molar-refractivity contribution >= 4 is 10.9 Å². The molecule has 7 heteroatoms. The van der Waals surface area contributed by atoms with Gasteiger partial charge >= 0.3 is 0 Å². The second-order valence-corrected chi connectivity index (χ2v) is 7.28. The molecule has 30 heavy (non-hydrogen) atoms. The van der Waals surface area contributed by atoms with E-state index in [1.54, 1.807) is 13.4 Å². The monoisotopic (exact) mass is 402 g/mol. The summed E-state index contributed by atoms with van der Waals surface area (Å²) in [7, 11) is 3.55. The Labute approximate surface area is 174 Å². The fourth-order valence-corrected chi connectivity index (χ4v) is 3.79. The summed E-state index contributed by atoms with van der Waals surface area (Å²) in [5.41, 5.74) is 4.45. The number of rotatable bonds is 5. The Kier molecular flexibility index (Phi) is 4.80. The van der Waals surface area contributed by atoms with Gasteiger partial charge in [0, 0.05) is 42.2 Å². The van der Waals surface area contributed by atoms with Crippen LogP contribution in [0.2, 0.25) is 0 Å². The first-order valence-corrected chi connectivity index (χ1v) is 9.89. The minimum absolute atomic E-state index is 0.0164. The van der Waals surface area contributed by atoms with E-state index in [-0.39, 0.29) is 6.10 Å². The molecule has 1 atom stereocenters. The highest BCUT2D eigenvalue weighted by Crippen LogP contribution is 2.38. The number of methoxy groups -OCH3 is 1. The van der Waals surface area contributed by atoms with E-state index in [2.05, 4.69) is 15.1 Å². The number of aromatic nitrogens is 4. The van der Waals surface area contributed by atoms with Gasteiger partial charge in [-0.2, -0.15) is 5.10 Å². The van der Waals surface area contributed by atoms with E-state index in [1.807, 2.05) is 60.4 Å². The van der Waals surface area contributed by atoms with Crippen molar-refractivity contribution in [2.24, 2.45) is 7.05 Å². The molecule has 0 N–H and O–H groups in total. The van der Waals surface area contributed by atoms with E-state index in [0.29, 0.717) is 24.7 Å². The fraction of sp³-hybridized carbons (Fsp3) is 0.261. The zero-order valence-corrected chi connectivity index (χ0v) is 16.9. The number of ether oxygens (including phenoxy) is 3. The molecule has 4 aromatic rings. The van der Waals surface area contributed by atoms with Gasteiger partial charge in [0.2, 0.25) is 0 Å². The molecule has 0 amide bonds. The quantitative estimate of drug-likeness (QED) is 0.505. The topological polar surface area (TPSA) is 71.3 Å². The number of aryl methyl sites for hydroxylation is 1. The molecule has 1 fully saturated rings. The summed E-state index contributed by atoms with van der Waals surface area (Å²) in [6.45, 7) is 1.30. The zero-order chi connectivity index (χ0) is 20.5. The summed E-state index contributed by atoms with van der Waals surface area (Å²) in [4.78, 5) is 9.08. The standard InChI is InChI=1S/C23H22N4O3/c1-27-12-18(22(26-27)15-6-4-3-5-7-15)23-17-10-21(30-16-8-9-29-13-16)20(28-2)11-19(17)24-14-25-23/h3-7,10-12,14,16H,8-9,13H2,1-2H3/t16-/m0/s1. The van der Waals surface area contributed by atoms with Crippen LogP contribution in [-0.2, 0) is 11.8 Å². The lowest BCUT2D eigenvalue weighted by atomic mass is 10.0.